The van der Waals surface area contributed by atoms with Gasteiger partial charge in [0.05, 0.1) is 5.56 Å². The minimum atomic E-state index is -3.80. The van der Waals surface area contributed by atoms with E-state index in [4.69, 9.17) is 5.14 Å². The average Bonchev–Trinajstić information content (AvgIpc) is 2.96. The molecule has 1 aromatic heterocycles. The van der Waals surface area contributed by atoms with Crippen LogP contribution in [0.4, 0.5) is 0 Å². The van der Waals surface area contributed by atoms with Crippen LogP contribution in [0.15, 0.2) is 28.6 Å². The zero-order valence-electron chi connectivity index (χ0n) is 12.1. The molecule has 10 heteroatoms. The molecule has 0 radical (unpaired) electrons. The second-order valence-corrected chi connectivity index (χ2v) is 7.53. The van der Waals surface area contributed by atoms with E-state index in [1.54, 1.807) is 18.2 Å². The first-order chi connectivity index (χ1) is 10.9. The molecule has 0 saturated carbocycles. The van der Waals surface area contributed by atoms with Crippen LogP contribution >= 0.6 is 11.3 Å². The molecule has 23 heavy (non-hydrogen) atoms. The van der Waals surface area contributed by atoms with Crippen LogP contribution in [-0.4, -0.2) is 36.2 Å². The van der Waals surface area contributed by atoms with Gasteiger partial charge in [-0.25, -0.2) is 13.6 Å². The molecule has 8 nitrogen and oxygen atoms in total. The van der Waals surface area contributed by atoms with Crippen LogP contribution < -0.4 is 10.5 Å². The SMILES string of the molecule is NS(=O)(=O)c1nnc(CCCCNC(=O)c2ccccc2O)s1. The fourth-order valence-electron chi connectivity index (χ4n) is 1.82. The van der Waals surface area contributed by atoms with E-state index in [1.807, 2.05) is 0 Å². The van der Waals surface area contributed by atoms with Crippen molar-refractivity contribution in [1.82, 2.24) is 15.5 Å². The summed E-state index contributed by atoms with van der Waals surface area (Å²) in [6.07, 6.45) is 1.95. The van der Waals surface area contributed by atoms with E-state index in [0.717, 1.165) is 11.3 Å². The lowest BCUT2D eigenvalue weighted by molar-refractivity contribution is 0.0950. The molecular formula is C13H16N4O4S2. The van der Waals surface area contributed by atoms with Crippen molar-refractivity contribution in [2.24, 2.45) is 5.14 Å². The van der Waals surface area contributed by atoms with Gasteiger partial charge in [-0.3, -0.25) is 4.79 Å². The molecule has 124 valence electrons. The molecule has 1 amide bonds. The monoisotopic (exact) mass is 356 g/mol. The fourth-order valence-corrected chi connectivity index (χ4v) is 3.34. The summed E-state index contributed by atoms with van der Waals surface area (Å²) in [7, 11) is -3.80. The summed E-state index contributed by atoms with van der Waals surface area (Å²) in [5.41, 5.74) is 0.231. The van der Waals surface area contributed by atoms with Crippen molar-refractivity contribution in [2.75, 3.05) is 6.54 Å². The summed E-state index contributed by atoms with van der Waals surface area (Å²) in [5.74, 6) is -0.398. The number of aromatic hydroxyl groups is 1. The Balaban J connectivity index is 1.73. The topological polar surface area (TPSA) is 135 Å². The first kappa shape index (κ1) is 17.3. The van der Waals surface area contributed by atoms with Crippen molar-refractivity contribution >= 4 is 27.3 Å². The van der Waals surface area contributed by atoms with Crippen molar-refractivity contribution < 1.29 is 18.3 Å². The van der Waals surface area contributed by atoms with Crippen molar-refractivity contribution in [1.29, 1.82) is 0 Å². The lowest BCUT2D eigenvalue weighted by Gasteiger charge is -2.06. The first-order valence-corrected chi connectivity index (χ1v) is 9.15. The zero-order valence-corrected chi connectivity index (χ0v) is 13.7. The Labute approximate surface area is 137 Å². The van der Waals surface area contributed by atoms with Gasteiger partial charge in [0.25, 0.3) is 15.9 Å². The summed E-state index contributed by atoms with van der Waals surface area (Å²) < 4.78 is 22.0. The number of phenolic OH excluding ortho intramolecular Hbond substituents is 1. The van der Waals surface area contributed by atoms with E-state index in [-0.39, 0.29) is 21.6 Å². The molecule has 0 unspecified atom stereocenters. The largest absolute Gasteiger partial charge is 0.507 e. The molecule has 0 aliphatic heterocycles. The lowest BCUT2D eigenvalue weighted by atomic mass is 10.2. The zero-order chi connectivity index (χ0) is 16.9. The standard InChI is InChI=1S/C13H16N4O4S2/c14-23(20,21)13-17-16-11(22-13)7-3-4-8-15-12(19)9-5-1-2-6-10(9)18/h1-2,5-6,18H,3-4,7-8H2,(H,15,19)(H2,14,20,21). The second-order valence-electron chi connectivity index (χ2n) is 4.74. The number of benzene rings is 1. The molecule has 1 heterocycles. The minimum absolute atomic E-state index is 0.0608. The highest BCUT2D eigenvalue weighted by Gasteiger charge is 2.14. The van der Waals surface area contributed by atoms with Crippen molar-refractivity contribution in [3.63, 3.8) is 0 Å². The molecule has 0 aliphatic carbocycles. The Kier molecular flexibility index (Phi) is 5.64. The van der Waals surface area contributed by atoms with Crippen molar-refractivity contribution in [3.8, 4) is 5.75 Å². The lowest BCUT2D eigenvalue weighted by Crippen LogP contribution is -2.24. The number of hydrogen-bond donors (Lipinski definition) is 3. The van der Waals surface area contributed by atoms with Gasteiger partial charge in [0.15, 0.2) is 0 Å². The van der Waals surface area contributed by atoms with Gasteiger partial charge < -0.3 is 10.4 Å². The number of carbonyl (C=O) groups is 1. The van der Waals surface area contributed by atoms with Crippen LogP contribution in [0.1, 0.15) is 28.2 Å². The van der Waals surface area contributed by atoms with Gasteiger partial charge in [-0.2, -0.15) is 0 Å². The molecule has 2 aromatic rings. The predicted octanol–water partition coefficient (Wildman–Crippen LogP) is 0.644. The number of hydrogen-bond acceptors (Lipinski definition) is 7. The van der Waals surface area contributed by atoms with Gasteiger partial charge in [-0.15, -0.1) is 10.2 Å². The number of nitrogens with one attached hydrogen (secondary N) is 1. The van der Waals surface area contributed by atoms with E-state index < -0.39 is 10.0 Å². The Morgan fingerprint density at radius 2 is 2.00 bits per heavy atom. The summed E-state index contributed by atoms with van der Waals surface area (Å²) in [6.45, 7) is 0.439. The van der Waals surface area contributed by atoms with Gasteiger partial charge in [0, 0.05) is 13.0 Å². The highest BCUT2D eigenvalue weighted by atomic mass is 32.2. The highest BCUT2D eigenvalue weighted by Crippen LogP contribution is 2.16. The molecule has 0 aliphatic rings. The van der Waals surface area contributed by atoms with Gasteiger partial charge in [-0.1, -0.05) is 23.5 Å². The minimum Gasteiger partial charge on any atom is -0.507 e. The predicted molar refractivity (Wildman–Crippen MR) is 84.7 cm³/mol. The highest BCUT2D eigenvalue weighted by molar-refractivity contribution is 7.91. The number of nitrogens with two attached hydrogens (primary N) is 1. The molecule has 0 spiro atoms. The smallest absolute Gasteiger partial charge is 0.267 e. The third-order valence-corrected chi connectivity index (χ3v) is 5.24. The van der Waals surface area contributed by atoms with E-state index >= 15 is 0 Å². The van der Waals surface area contributed by atoms with Crippen LogP contribution in [0.25, 0.3) is 0 Å². The number of sulfonamides is 1. The molecule has 0 fully saturated rings. The Morgan fingerprint density at radius 3 is 2.65 bits per heavy atom. The molecular weight excluding hydrogens is 340 g/mol. The number of aryl methyl sites for hydroxylation is 1. The average molecular weight is 356 g/mol. The Morgan fingerprint density at radius 1 is 1.26 bits per heavy atom. The molecule has 1 aromatic carbocycles. The third kappa shape index (κ3) is 4.98. The van der Waals surface area contributed by atoms with E-state index in [1.165, 1.54) is 6.07 Å². The molecule has 0 saturated heterocycles. The molecule has 4 N–H and O–H groups in total. The second kappa shape index (κ2) is 7.49. The van der Waals surface area contributed by atoms with E-state index in [2.05, 4.69) is 15.5 Å². The number of carbonyl (C=O) groups excluding carboxylic acids is 1. The number of primary sulfonamides is 1. The number of para-hydroxylation sites is 1. The number of amides is 1. The van der Waals surface area contributed by atoms with Crippen LogP contribution in [0.5, 0.6) is 5.75 Å². The Hall–Kier alpha value is -2.04. The summed E-state index contributed by atoms with van der Waals surface area (Å²) >= 11 is 0.947. The molecule has 0 bridgehead atoms. The third-order valence-electron chi connectivity index (χ3n) is 2.94. The quantitative estimate of drug-likeness (QED) is 0.623. The van der Waals surface area contributed by atoms with Crippen LogP contribution in [0.3, 0.4) is 0 Å². The number of unbranched alkanes of at least 4 members (excludes halogenated alkanes) is 1. The van der Waals surface area contributed by atoms with Gasteiger partial charge in [0.1, 0.15) is 10.8 Å². The van der Waals surface area contributed by atoms with Crippen LogP contribution in [0, 0.1) is 0 Å². The van der Waals surface area contributed by atoms with Crippen molar-refractivity contribution in [3.05, 3.63) is 34.8 Å². The number of phenols is 1. The maximum atomic E-state index is 11.8. The number of aromatic nitrogens is 2. The summed E-state index contributed by atoms with van der Waals surface area (Å²) in [6, 6.07) is 6.31. The van der Waals surface area contributed by atoms with Gasteiger partial charge in [0.2, 0.25) is 4.34 Å². The maximum Gasteiger partial charge on any atom is 0.267 e. The van der Waals surface area contributed by atoms with Crippen molar-refractivity contribution in [2.45, 2.75) is 23.6 Å². The van der Waals surface area contributed by atoms with Gasteiger partial charge >= 0.3 is 0 Å². The normalized spacial score (nSPS) is 11.3. The molecule has 2 rings (SSSR count). The first-order valence-electron chi connectivity index (χ1n) is 6.79. The maximum absolute atomic E-state index is 11.8. The van der Waals surface area contributed by atoms with Crippen LogP contribution in [-0.2, 0) is 16.4 Å². The fraction of sp³-hybridized carbons (Fsp3) is 0.308. The summed E-state index contributed by atoms with van der Waals surface area (Å²) in [4.78, 5) is 11.8. The summed E-state index contributed by atoms with van der Waals surface area (Å²) in [5, 5.41) is 25.1. The molecule has 0 atom stereocenters. The van der Waals surface area contributed by atoms with E-state index in [0.29, 0.717) is 30.8 Å². The van der Waals surface area contributed by atoms with Crippen LogP contribution in [0.2, 0.25) is 0 Å². The Bertz CT molecular complexity index is 789. The van der Waals surface area contributed by atoms with E-state index in [9.17, 15) is 18.3 Å². The number of nitrogens with zero attached hydrogens (tertiary/aromatic N) is 2. The van der Waals surface area contributed by atoms with Gasteiger partial charge in [-0.05, 0) is 25.0 Å². The number of rotatable bonds is 7.